The molecular formula is C14H24N4. The van der Waals surface area contributed by atoms with Gasteiger partial charge in [-0.1, -0.05) is 13.8 Å². The smallest absolute Gasteiger partial charge is 0.224 e. The predicted octanol–water partition coefficient (Wildman–Crippen LogP) is 2.70. The van der Waals surface area contributed by atoms with Crippen LogP contribution in [0.4, 0.5) is 11.8 Å². The Balaban J connectivity index is 2.15. The molecule has 1 aliphatic heterocycles. The zero-order valence-electron chi connectivity index (χ0n) is 11.9. The number of aryl methyl sites for hydroxylation is 1. The molecule has 2 rings (SSSR count). The van der Waals surface area contributed by atoms with Crippen molar-refractivity contribution in [1.82, 2.24) is 9.97 Å². The van der Waals surface area contributed by atoms with E-state index in [0.29, 0.717) is 0 Å². The summed E-state index contributed by atoms with van der Waals surface area (Å²) < 4.78 is 0. The van der Waals surface area contributed by atoms with Gasteiger partial charge in [0.25, 0.3) is 0 Å². The molecule has 0 spiro atoms. The van der Waals surface area contributed by atoms with Crippen molar-refractivity contribution in [3.63, 3.8) is 0 Å². The average Bonchev–Trinajstić information content (AvgIpc) is 2.81. The van der Waals surface area contributed by atoms with Gasteiger partial charge in [-0.2, -0.15) is 4.98 Å². The van der Waals surface area contributed by atoms with Crippen molar-refractivity contribution >= 4 is 11.8 Å². The molecule has 1 aromatic rings. The van der Waals surface area contributed by atoms with Crippen LogP contribution in [0.2, 0.25) is 0 Å². The second-order valence-electron chi connectivity index (χ2n) is 5.47. The monoisotopic (exact) mass is 248 g/mol. The maximum atomic E-state index is 4.64. The van der Waals surface area contributed by atoms with Crippen LogP contribution in [-0.2, 0) is 0 Å². The summed E-state index contributed by atoms with van der Waals surface area (Å²) in [6.07, 6.45) is 3.20. The van der Waals surface area contributed by atoms with Crippen molar-refractivity contribution in [1.29, 1.82) is 0 Å². The van der Waals surface area contributed by atoms with Crippen LogP contribution in [0.25, 0.3) is 0 Å². The fraction of sp³-hybridized carbons (Fsp3) is 0.714. The fourth-order valence-electron chi connectivity index (χ4n) is 2.52. The molecule has 1 aliphatic rings. The highest BCUT2D eigenvalue weighted by Gasteiger charge is 2.26. The molecule has 0 aliphatic carbocycles. The molecule has 1 aromatic heterocycles. The Bertz CT molecular complexity index is 403. The van der Waals surface area contributed by atoms with E-state index in [-0.39, 0.29) is 0 Å². The van der Waals surface area contributed by atoms with Gasteiger partial charge in [0.1, 0.15) is 5.82 Å². The van der Waals surface area contributed by atoms with Gasteiger partial charge in [-0.15, -0.1) is 0 Å². The molecule has 4 heteroatoms. The van der Waals surface area contributed by atoms with E-state index in [0.717, 1.165) is 43.2 Å². The topological polar surface area (TPSA) is 41.1 Å². The molecule has 1 unspecified atom stereocenters. The van der Waals surface area contributed by atoms with E-state index in [1.54, 1.807) is 0 Å². The van der Waals surface area contributed by atoms with E-state index >= 15 is 0 Å². The second-order valence-corrected chi connectivity index (χ2v) is 5.47. The predicted molar refractivity (Wildman–Crippen MR) is 76.1 cm³/mol. The first-order valence-corrected chi connectivity index (χ1v) is 6.94. The summed E-state index contributed by atoms with van der Waals surface area (Å²) >= 11 is 0. The van der Waals surface area contributed by atoms with Gasteiger partial charge in [0.05, 0.1) is 0 Å². The molecular weight excluding hydrogens is 224 g/mol. The lowest BCUT2D eigenvalue weighted by atomic mass is 9.95. The maximum Gasteiger partial charge on any atom is 0.224 e. The lowest BCUT2D eigenvalue weighted by Crippen LogP contribution is -2.23. The number of aromatic nitrogens is 2. The first-order chi connectivity index (χ1) is 8.61. The third-order valence-electron chi connectivity index (χ3n) is 3.75. The summed E-state index contributed by atoms with van der Waals surface area (Å²) in [6, 6.07) is 0. The third kappa shape index (κ3) is 2.74. The molecule has 1 fully saturated rings. The molecule has 2 heterocycles. The largest absolute Gasteiger partial charge is 0.356 e. The van der Waals surface area contributed by atoms with Crippen LogP contribution in [0.15, 0.2) is 6.20 Å². The van der Waals surface area contributed by atoms with Crippen molar-refractivity contribution in [2.75, 3.05) is 29.9 Å². The summed E-state index contributed by atoms with van der Waals surface area (Å²) in [4.78, 5) is 11.4. The standard InChI is InChI=1S/C14H24N4/c1-5-15-14-16-8-11(4)13(17-14)18-7-6-12(9-18)10(2)3/h8,10,12H,5-7,9H2,1-4H3,(H,15,16,17). The molecule has 1 saturated heterocycles. The number of nitrogens with zero attached hydrogens (tertiary/aromatic N) is 3. The Morgan fingerprint density at radius 3 is 2.89 bits per heavy atom. The normalized spacial score (nSPS) is 19.6. The first-order valence-electron chi connectivity index (χ1n) is 6.94. The van der Waals surface area contributed by atoms with Gasteiger partial charge in [0.2, 0.25) is 5.95 Å². The lowest BCUT2D eigenvalue weighted by molar-refractivity contribution is 0.422. The molecule has 100 valence electrons. The van der Waals surface area contributed by atoms with Gasteiger partial charge in [0, 0.05) is 31.4 Å². The Labute approximate surface area is 110 Å². The number of hydrogen-bond donors (Lipinski definition) is 1. The minimum Gasteiger partial charge on any atom is -0.356 e. The van der Waals surface area contributed by atoms with E-state index in [2.05, 4.69) is 47.9 Å². The Kier molecular flexibility index (Phi) is 4.04. The van der Waals surface area contributed by atoms with E-state index in [9.17, 15) is 0 Å². The summed E-state index contributed by atoms with van der Waals surface area (Å²) in [5, 5.41) is 3.18. The Hall–Kier alpha value is -1.32. The number of rotatable bonds is 4. The van der Waals surface area contributed by atoms with Crippen molar-refractivity contribution in [3.05, 3.63) is 11.8 Å². The van der Waals surface area contributed by atoms with Gasteiger partial charge in [-0.25, -0.2) is 4.98 Å². The van der Waals surface area contributed by atoms with Crippen LogP contribution >= 0.6 is 0 Å². The molecule has 4 nitrogen and oxygen atoms in total. The van der Waals surface area contributed by atoms with Gasteiger partial charge in [-0.3, -0.25) is 0 Å². The third-order valence-corrected chi connectivity index (χ3v) is 3.75. The SMILES string of the molecule is CCNc1ncc(C)c(N2CCC(C(C)C)C2)n1. The molecule has 1 N–H and O–H groups in total. The van der Waals surface area contributed by atoms with E-state index in [4.69, 9.17) is 0 Å². The fourth-order valence-corrected chi connectivity index (χ4v) is 2.52. The van der Waals surface area contributed by atoms with Crippen molar-refractivity contribution in [2.24, 2.45) is 11.8 Å². The molecule has 18 heavy (non-hydrogen) atoms. The maximum absolute atomic E-state index is 4.64. The van der Waals surface area contributed by atoms with Gasteiger partial charge >= 0.3 is 0 Å². The summed E-state index contributed by atoms with van der Waals surface area (Å²) in [7, 11) is 0. The molecule has 0 amide bonds. The minimum absolute atomic E-state index is 0.742. The van der Waals surface area contributed by atoms with Gasteiger partial charge in [0.15, 0.2) is 0 Å². The molecule has 0 aromatic carbocycles. The quantitative estimate of drug-likeness (QED) is 0.889. The van der Waals surface area contributed by atoms with Crippen molar-refractivity contribution < 1.29 is 0 Å². The van der Waals surface area contributed by atoms with E-state index < -0.39 is 0 Å². The highest BCUT2D eigenvalue weighted by atomic mass is 15.2. The van der Waals surface area contributed by atoms with Crippen LogP contribution in [0, 0.1) is 18.8 Å². The lowest BCUT2D eigenvalue weighted by Gasteiger charge is -2.21. The van der Waals surface area contributed by atoms with Crippen molar-refractivity contribution in [2.45, 2.75) is 34.1 Å². The summed E-state index contributed by atoms with van der Waals surface area (Å²) in [6.45, 7) is 11.9. The minimum atomic E-state index is 0.742. The number of hydrogen-bond acceptors (Lipinski definition) is 4. The Morgan fingerprint density at radius 1 is 1.50 bits per heavy atom. The highest BCUT2D eigenvalue weighted by molar-refractivity contribution is 5.49. The van der Waals surface area contributed by atoms with Crippen molar-refractivity contribution in [3.8, 4) is 0 Å². The van der Waals surface area contributed by atoms with Gasteiger partial charge in [-0.05, 0) is 32.1 Å². The van der Waals surface area contributed by atoms with Crippen LogP contribution in [0.1, 0.15) is 32.8 Å². The van der Waals surface area contributed by atoms with Crippen LogP contribution in [0.3, 0.4) is 0 Å². The summed E-state index contributed by atoms with van der Waals surface area (Å²) in [5.74, 6) is 3.39. The van der Waals surface area contributed by atoms with Crippen LogP contribution < -0.4 is 10.2 Å². The van der Waals surface area contributed by atoms with Crippen LogP contribution in [-0.4, -0.2) is 29.6 Å². The Morgan fingerprint density at radius 2 is 2.28 bits per heavy atom. The number of anilines is 2. The molecule has 0 radical (unpaired) electrons. The average molecular weight is 248 g/mol. The zero-order chi connectivity index (χ0) is 13.1. The molecule has 0 saturated carbocycles. The second kappa shape index (κ2) is 5.55. The summed E-state index contributed by atoms with van der Waals surface area (Å²) in [5.41, 5.74) is 1.17. The van der Waals surface area contributed by atoms with Crippen LogP contribution in [0.5, 0.6) is 0 Å². The zero-order valence-corrected chi connectivity index (χ0v) is 11.9. The van der Waals surface area contributed by atoms with Gasteiger partial charge < -0.3 is 10.2 Å². The van der Waals surface area contributed by atoms with E-state index in [1.807, 2.05) is 6.20 Å². The highest BCUT2D eigenvalue weighted by Crippen LogP contribution is 2.29. The first kappa shape index (κ1) is 13.1. The molecule has 1 atom stereocenters. The number of nitrogens with one attached hydrogen (secondary N) is 1. The van der Waals surface area contributed by atoms with E-state index in [1.165, 1.54) is 12.0 Å². The molecule has 0 bridgehead atoms.